The molecule has 0 unspecified atom stereocenters. The monoisotopic (exact) mass is 391 g/mol. The Kier molecular flexibility index (Phi) is 11.2. The van der Waals surface area contributed by atoms with Crippen molar-refractivity contribution in [2.24, 2.45) is 0 Å². The van der Waals surface area contributed by atoms with E-state index in [2.05, 4.69) is 26.2 Å². The lowest BCUT2D eigenvalue weighted by molar-refractivity contribution is -0.144. The third-order valence-corrected chi connectivity index (χ3v) is 4.43. The Balaban J connectivity index is 1.60. The minimum Gasteiger partial charge on any atom is -0.461 e. The van der Waals surface area contributed by atoms with Crippen molar-refractivity contribution < 1.29 is 14.3 Å². The molecule has 156 valence electrons. The molecule has 1 aromatic rings. The molecule has 2 rings (SSSR count). The number of hydrogen-bond donors (Lipinski definition) is 4. The summed E-state index contributed by atoms with van der Waals surface area (Å²) in [5.74, 6) is -0.373. The second kappa shape index (κ2) is 14.1. The van der Waals surface area contributed by atoms with Gasteiger partial charge in [0, 0.05) is 58.9 Å². The zero-order valence-corrected chi connectivity index (χ0v) is 16.5. The van der Waals surface area contributed by atoms with E-state index in [0.29, 0.717) is 13.1 Å². The Bertz CT molecular complexity index is 558. The average Bonchev–Trinajstić information content (AvgIpc) is 2.69. The predicted octanol–water partition coefficient (Wildman–Crippen LogP) is -0.679. The summed E-state index contributed by atoms with van der Waals surface area (Å²) in [6.45, 7) is 7.95. The number of nitrogens with one attached hydrogen (secondary N) is 4. The summed E-state index contributed by atoms with van der Waals surface area (Å²) in [4.78, 5) is 26.1. The number of ether oxygens (including phenoxy) is 1. The second-order valence-electron chi connectivity index (χ2n) is 6.77. The van der Waals surface area contributed by atoms with Crippen LogP contribution in [0.3, 0.4) is 0 Å². The van der Waals surface area contributed by atoms with Gasteiger partial charge in [-0.2, -0.15) is 0 Å². The Hall–Kier alpha value is -2.00. The van der Waals surface area contributed by atoms with Gasteiger partial charge in [-0.05, 0) is 5.56 Å². The topological polar surface area (TPSA) is 94.7 Å². The summed E-state index contributed by atoms with van der Waals surface area (Å²) in [5, 5.41) is 12.9. The third-order valence-electron chi connectivity index (χ3n) is 4.43. The Morgan fingerprint density at radius 3 is 2.18 bits per heavy atom. The quantitative estimate of drug-likeness (QED) is 0.458. The molecule has 0 atom stereocenters. The number of nitrogens with zero attached hydrogens (tertiary/aromatic N) is 1. The minimum absolute atomic E-state index is 0.0652. The summed E-state index contributed by atoms with van der Waals surface area (Å²) in [6.07, 6.45) is 0.175. The Morgan fingerprint density at radius 2 is 1.54 bits per heavy atom. The first-order valence-electron chi connectivity index (χ1n) is 10.0. The van der Waals surface area contributed by atoms with Gasteiger partial charge in [0.15, 0.2) is 0 Å². The fourth-order valence-corrected chi connectivity index (χ4v) is 2.85. The predicted molar refractivity (Wildman–Crippen MR) is 109 cm³/mol. The van der Waals surface area contributed by atoms with Gasteiger partial charge in [-0.25, -0.2) is 0 Å². The Morgan fingerprint density at radius 1 is 0.929 bits per heavy atom. The molecule has 1 heterocycles. The normalized spacial score (nSPS) is 17.1. The maximum Gasteiger partial charge on any atom is 0.307 e. The first-order chi connectivity index (χ1) is 13.7. The number of carbonyl (C=O) groups is 2. The maximum absolute atomic E-state index is 12.2. The largest absolute Gasteiger partial charge is 0.461 e. The SMILES string of the molecule is O=C(CN1CCNCCNCCNCC1)NCCC(=O)OCc1ccccc1. The molecule has 0 aliphatic carbocycles. The van der Waals surface area contributed by atoms with Crippen LogP contribution in [0.4, 0.5) is 0 Å². The standard InChI is InChI=1S/C20H33N5O3/c26-19(16-25-14-12-22-10-8-21-9-11-23-13-15-25)24-7-6-20(27)28-17-18-4-2-1-3-5-18/h1-5,21-23H,6-17H2,(H,24,26). The van der Waals surface area contributed by atoms with Gasteiger partial charge >= 0.3 is 5.97 Å². The number of carbonyl (C=O) groups excluding carboxylic acids is 2. The van der Waals surface area contributed by atoms with E-state index in [1.54, 1.807) is 0 Å². The van der Waals surface area contributed by atoms with Gasteiger partial charge < -0.3 is 26.0 Å². The lowest BCUT2D eigenvalue weighted by atomic mass is 10.2. The van der Waals surface area contributed by atoms with E-state index in [-0.39, 0.29) is 24.9 Å². The molecule has 1 aliphatic rings. The smallest absolute Gasteiger partial charge is 0.307 e. The van der Waals surface area contributed by atoms with Gasteiger partial charge in [0.25, 0.3) is 0 Å². The summed E-state index contributed by atoms with van der Waals surface area (Å²) in [6, 6.07) is 9.55. The van der Waals surface area contributed by atoms with Crippen LogP contribution in [-0.4, -0.2) is 82.2 Å². The molecule has 8 nitrogen and oxygen atoms in total. The highest BCUT2D eigenvalue weighted by molar-refractivity contribution is 5.78. The van der Waals surface area contributed by atoms with Crippen LogP contribution in [0.15, 0.2) is 30.3 Å². The van der Waals surface area contributed by atoms with Gasteiger partial charge in [0.05, 0.1) is 13.0 Å². The van der Waals surface area contributed by atoms with Crippen molar-refractivity contribution in [3.05, 3.63) is 35.9 Å². The molecule has 0 radical (unpaired) electrons. The van der Waals surface area contributed by atoms with E-state index in [0.717, 1.165) is 57.9 Å². The zero-order chi connectivity index (χ0) is 19.9. The van der Waals surface area contributed by atoms with Crippen molar-refractivity contribution in [2.75, 3.05) is 65.4 Å². The molecule has 1 aromatic carbocycles. The van der Waals surface area contributed by atoms with Crippen molar-refractivity contribution in [3.8, 4) is 0 Å². The number of amides is 1. The lowest BCUT2D eigenvalue weighted by Gasteiger charge is -2.23. The lowest BCUT2D eigenvalue weighted by Crippen LogP contribution is -2.45. The number of hydrogen-bond acceptors (Lipinski definition) is 7. The van der Waals surface area contributed by atoms with Crippen molar-refractivity contribution in [1.29, 1.82) is 0 Å². The number of rotatable bonds is 7. The highest BCUT2D eigenvalue weighted by Crippen LogP contribution is 2.01. The van der Waals surface area contributed by atoms with Crippen molar-refractivity contribution >= 4 is 11.9 Å². The molecule has 0 aromatic heterocycles. The van der Waals surface area contributed by atoms with E-state index in [9.17, 15) is 9.59 Å². The van der Waals surface area contributed by atoms with Crippen molar-refractivity contribution in [2.45, 2.75) is 13.0 Å². The highest BCUT2D eigenvalue weighted by atomic mass is 16.5. The van der Waals surface area contributed by atoms with E-state index in [1.165, 1.54) is 0 Å². The van der Waals surface area contributed by atoms with E-state index >= 15 is 0 Å². The number of benzene rings is 1. The fraction of sp³-hybridized carbons (Fsp3) is 0.600. The summed E-state index contributed by atoms with van der Waals surface area (Å²) in [5.41, 5.74) is 0.952. The zero-order valence-electron chi connectivity index (χ0n) is 16.5. The van der Waals surface area contributed by atoms with Gasteiger partial charge in [0.1, 0.15) is 6.61 Å². The molecular weight excluding hydrogens is 358 g/mol. The molecule has 1 saturated heterocycles. The van der Waals surface area contributed by atoms with Gasteiger partial charge in [0.2, 0.25) is 5.91 Å². The third kappa shape index (κ3) is 10.4. The first kappa shape index (κ1) is 22.3. The molecular formula is C20H33N5O3. The van der Waals surface area contributed by atoms with Gasteiger partial charge in [-0.1, -0.05) is 30.3 Å². The van der Waals surface area contributed by atoms with Crippen LogP contribution in [0.25, 0.3) is 0 Å². The fourth-order valence-electron chi connectivity index (χ4n) is 2.85. The van der Waals surface area contributed by atoms with Gasteiger partial charge in [-0.15, -0.1) is 0 Å². The molecule has 4 N–H and O–H groups in total. The van der Waals surface area contributed by atoms with E-state index < -0.39 is 0 Å². The maximum atomic E-state index is 12.2. The van der Waals surface area contributed by atoms with Crippen molar-refractivity contribution in [1.82, 2.24) is 26.2 Å². The van der Waals surface area contributed by atoms with Gasteiger partial charge in [-0.3, -0.25) is 14.5 Å². The van der Waals surface area contributed by atoms with Crippen LogP contribution in [0.5, 0.6) is 0 Å². The Labute approximate surface area is 167 Å². The molecule has 0 saturated carbocycles. The van der Waals surface area contributed by atoms with Crippen LogP contribution in [0.2, 0.25) is 0 Å². The highest BCUT2D eigenvalue weighted by Gasteiger charge is 2.11. The molecule has 1 amide bonds. The molecule has 0 bridgehead atoms. The first-order valence-corrected chi connectivity index (χ1v) is 10.0. The van der Waals surface area contributed by atoms with Crippen LogP contribution in [-0.2, 0) is 20.9 Å². The van der Waals surface area contributed by atoms with E-state index in [1.807, 2.05) is 30.3 Å². The van der Waals surface area contributed by atoms with E-state index in [4.69, 9.17) is 4.74 Å². The molecule has 1 aliphatic heterocycles. The van der Waals surface area contributed by atoms with Crippen LogP contribution >= 0.6 is 0 Å². The van der Waals surface area contributed by atoms with Crippen LogP contribution < -0.4 is 21.3 Å². The number of esters is 1. The molecule has 8 heteroatoms. The van der Waals surface area contributed by atoms with Crippen molar-refractivity contribution in [3.63, 3.8) is 0 Å². The van der Waals surface area contributed by atoms with Crippen LogP contribution in [0, 0.1) is 0 Å². The summed E-state index contributed by atoms with van der Waals surface area (Å²) in [7, 11) is 0. The molecule has 1 fully saturated rings. The summed E-state index contributed by atoms with van der Waals surface area (Å²) >= 11 is 0. The van der Waals surface area contributed by atoms with Crippen LogP contribution in [0.1, 0.15) is 12.0 Å². The molecule has 28 heavy (non-hydrogen) atoms. The summed E-state index contributed by atoms with van der Waals surface area (Å²) < 4.78 is 5.22. The average molecular weight is 392 g/mol. The minimum atomic E-state index is -0.308. The second-order valence-corrected chi connectivity index (χ2v) is 6.77. The molecule has 0 spiro atoms.